The van der Waals surface area contributed by atoms with Crippen molar-refractivity contribution >= 4 is 22.3 Å². The maximum absolute atomic E-state index is 6.12. The number of halogens is 1. The molecule has 0 heterocycles. The molecular weight excluding hydrogens is 412 g/mol. The van der Waals surface area contributed by atoms with Crippen molar-refractivity contribution in [2.75, 3.05) is 20.2 Å². The number of aliphatic imine (C=N–C) groups is 1. The Morgan fingerprint density at radius 1 is 1.21 bits per heavy atom. The maximum atomic E-state index is 6.12. The second-order valence-electron chi connectivity index (χ2n) is 7.23. The standard InChI is InChI=1S/C24H33BrN2O/c1-4-27(3)19-26-23-18-22(25)24(16-9-8-12-20(23)2)28-17-11-10-15-21-13-6-5-7-14-21/h5-7,13-14,16,18-19H,4,8-12,15,17H2,1-3H3/b22-18+,23-20+,24-16-,26-19?. The fraction of sp³-hybridized carbons (Fsp3) is 0.458. The van der Waals surface area contributed by atoms with Crippen LogP contribution in [0.5, 0.6) is 0 Å². The van der Waals surface area contributed by atoms with Gasteiger partial charge in [0.15, 0.2) is 0 Å². The zero-order chi connectivity index (χ0) is 20.2. The first-order valence-electron chi connectivity index (χ1n) is 10.3. The molecule has 0 amide bonds. The SMILES string of the molecule is CCN(C)C=NC1=C(\C)CCC/C=C(OCCCCc2ccccc2)/C(Br)=C\1. The van der Waals surface area contributed by atoms with Crippen molar-refractivity contribution in [3.63, 3.8) is 0 Å². The highest BCUT2D eigenvalue weighted by Gasteiger charge is 2.09. The minimum atomic E-state index is 0.738. The van der Waals surface area contributed by atoms with Gasteiger partial charge in [0.2, 0.25) is 0 Å². The molecule has 0 aromatic heterocycles. The fourth-order valence-corrected chi connectivity index (χ4v) is 3.41. The Kier molecular flexibility index (Phi) is 10.1. The number of hydrogen-bond acceptors (Lipinski definition) is 2. The smallest absolute Gasteiger partial charge is 0.129 e. The molecule has 0 spiro atoms. The highest BCUT2D eigenvalue weighted by atomic mass is 79.9. The minimum absolute atomic E-state index is 0.738. The molecule has 0 saturated carbocycles. The number of nitrogens with zero attached hydrogens (tertiary/aromatic N) is 2. The molecule has 0 aliphatic heterocycles. The van der Waals surface area contributed by atoms with Gasteiger partial charge >= 0.3 is 0 Å². The van der Waals surface area contributed by atoms with E-state index in [1.54, 1.807) is 0 Å². The predicted octanol–water partition coefficient (Wildman–Crippen LogP) is 6.63. The van der Waals surface area contributed by atoms with Gasteiger partial charge < -0.3 is 9.64 Å². The zero-order valence-electron chi connectivity index (χ0n) is 17.5. The average molecular weight is 445 g/mol. The molecule has 1 aromatic rings. The van der Waals surface area contributed by atoms with Crippen LogP contribution < -0.4 is 0 Å². The Labute approximate surface area is 179 Å². The molecular formula is C24H33BrN2O. The summed E-state index contributed by atoms with van der Waals surface area (Å²) >= 11 is 3.72. The van der Waals surface area contributed by atoms with Crippen LogP contribution in [0, 0.1) is 0 Å². The van der Waals surface area contributed by atoms with Crippen LogP contribution in [0.1, 0.15) is 51.5 Å². The van der Waals surface area contributed by atoms with Gasteiger partial charge in [-0.1, -0.05) is 30.3 Å². The van der Waals surface area contributed by atoms with Crippen molar-refractivity contribution in [3.8, 4) is 0 Å². The molecule has 4 heteroatoms. The summed E-state index contributed by atoms with van der Waals surface area (Å²) in [6, 6.07) is 10.6. The molecule has 0 radical (unpaired) electrons. The van der Waals surface area contributed by atoms with Crippen LogP contribution in [0.25, 0.3) is 0 Å². The van der Waals surface area contributed by atoms with E-state index < -0.39 is 0 Å². The molecule has 0 saturated heterocycles. The Morgan fingerprint density at radius 2 is 2.00 bits per heavy atom. The number of rotatable bonds is 9. The van der Waals surface area contributed by atoms with Gasteiger partial charge in [-0.3, -0.25) is 0 Å². The van der Waals surface area contributed by atoms with Gasteiger partial charge in [-0.15, -0.1) is 0 Å². The van der Waals surface area contributed by atoms with Crippen LogP contribution >= 0.6 is 15.9 Å². The zero-order valence-corrected chi connectivity index (χ0v) is 19.0. The Bertz CT molecular complexity index is 719. The summed E-state index contributed by atoms with van der Waals surface area (Å²) in [5, 5.41) is 0. The van der Waals surface area contributed by atoms with E-state index in [1.807, 2.05) is 13.4 Å². The van der Waals surface area contributed by atoms with Crippen LogP contribution in [0.2, 0.25) is 0 Å². The molecule has 3 nitrogen and oxygen atoms in total. The lowest BCUT2D eigenvalue weighted by atomic mass is 10.1. The Balaban J connectivity index is 1.93. The third-order valence-corrected chi connectivity index (χ3v) is 5.49. The summed E-state index contributed by atoms with van der Waals surface area (Å²) in [4.78, 5) is 6.78. The first-order valence-corrected chi connectivity index (χ1v) is 11.1. The largest absolute Gasteiger partial charge is 0.493 e. The molecule has 1 aliphatic rings. The monoisotopic (exact) mass is 444 g/mol. The topological polar surface area (TPSA) is 24.8 Å². The van der Waals surface area contributed by atoms with Crippen LogP contribution in [-0.4, -0.2) is 31.4 Å². The van der Waals surface area contributed by atoms with Crippen molar-refractivity contribution in [1.29, 1.82) is 0 Å². The van der Waals surface area contributed by atoms with Crippen molar-refractivity contribution in [1.82, 2.24) is 4.90 Å². The van der Waals surface area contributed by atoms with E-state index in [4.69, 9.17) is 9.73 Å². The molecule has 0 fully saturated rings. The van der Waals surface area contributed by atoms with Crippen molar-refractivity contribution in [3.05, 3.63) is 69.6 Å². The summed E-state index contributed by atoms with van der Waals surface area (Å²) in [7, 11) is 2.04. The fourth-order valence-electron chi connectivity index (χ4n) is 2.92. The van der Waals surface area contributed by atoms with Gasteiger partial charge in [0.25, 0.3) is 0 Å². The Morgan fingerprint density at radius 3 is 2.75 bits per heavy atom. The second-order valence-corrected chi connectivity index (χ2v) is 8.08. The number of hydrogen-bond donors (Lipinski definition) is 0. The quantitative estimate of drug-likeness (QED) is 0.242. The van der Waals surface area contributed by atoms with Gasteiger partial charge in [0.1, 0.15) is 5.76 Å². The normalized spacial score (nSPS) is 21.9. The van der Waals surface area contributed by atoms with Crippen molar-refractivity contribution in [2.24, 2.45) is 4.99 Å². The lowest BCUT2D eigenvalue weighted by Crippen LogP contribution is -2.14. The van der Waals surface area contributed by atoms with E-state index in [2.05, 4.69) is 77.2 Å². The average Bonchev–Trinajstić information content (AvgIpc) is 2.77. The molecule has 0 atom stereocenters. The highest BCUT2D eigenvalue weighted by Crippen LogP contribution is 2.27. The van der Waals surface area contributed by atoms with Crippen molar-refractivity contribution in [2.45, 2.75) is 52.4 Å². The second kappa shape index (κ2) is 12.6. The summed E-state index contributed by atoms with van der Waals surface area (Å²) in [6.07, 6.45) is 12.7. The number of allylic oxidation sites excluding steroid dienone is 4. The summed E-state index contributed by atoms with van der Waals surface area (Å²) < 4.78 is 7.09. The Hall–Kier alpha value is -1.81. The van der Waals surface area contributed by atoms with E-state index in [1.165, 1.54) is 11.1 Å². The lowest BCUT2D eigenvalue weighted by Gasteiger charge is -2.11. The third kappa shape index (κ3) is 8.05. The molecule has 0 N–H and O–H groups in total. The van der Waals surface area contributed by atoms with Gasteiger partial charge in [-0.25, -0.2) is 4.99 Å². The van der Waals surface area contributed by atoms with Crippen LogP contribution in [-0.2, 0) is 11.2 Å². The van der Waals surface area contributed by atoms with E-state index >= 15 is 0 Å². The molecule has 152 valence electrons. The number of unbranched alkanes of at least 4 members (excludes halogenated alkanes) is 1. The molecule has 1 aliphatic carbocycles. The van der Waals surface area contributed by atoms with Crippen LogP contribution in [0.3, 0.4) is 0 Å². The lowest BCUT2D eigenvalue weighted by molar-refractivity contribution is 0.215. The molecule has 0 bridgehead atoms. The number of benzene rings is 1. The molecule has 2 rings (SSSR count). The molecule has 0 unspecified atom stereocenters. The third-order valence-electron chi connectivity index (χ3n) is 4.87. The summed E-state index contributed by atoms with van der Waals surface area (Å²) in [6.45, 7) is 5.97. The van der Waals surface area contributed by atoms with Crippen molar-refractivity contribution < 1.29 is 4.74 Å². The summed E-state index contributed by atoms with van der Waals surface area (Å²) in [5.74, 6) is 0.936. The van der Waals surface area contributed by atoms with E-state index in [0.29, 0.717) is 0 Å². The predicted molar refractivity (Wildman–Crippen MR) is 124 cm³/mol. The number of aryl methyl sites for hydroxylation is 1. The van der Waals surface area contributed by atoms with E-state index in [9.17, 15) is 0 Å². The molecule has 1 aromatic carbocycles. The van der Waals surface area contributed by atoms with Crippen LogP contribution in [0.15, 0.2) is 69.0 Å². The highest BCUT2D eigenvalue weighted by molar-refractivity contribution is 9.12. The molecule has 28 heavy (non-hydrogen) atoms. The van der Waals surface area contributed by atoms with Gasteiger partial charge in [0.05, 0.1) is 23.1 Å². The minimum Gasteiger partial charge on any atom is -0.493 e. The number of ether oxygens (including phenoxy) is 1. The van der Waals surface area contributed by atoms with Gasteiger partial charge in [-0.05, 0) is 91.6 Å². The van der Waals surface area contributed by atoms with Gasteiger partial charge in [-0.2, -0.15) is 0 Å². The van der Waals surface area contributed by atoms with E-state index in [-0.39, 0.29) is 0 Å². The maximum Gasteiger partial charge on any atom is 0.129 e. The summed E-state index contributed by atoms with van der Waals surface area (Å²) in [5.41, 5.74) is 3.73. The van der Waals surface area contributed by atoms with Crippen LogP contribution in [0.4, 0.5) is 0 Å². The first kappa shape index (κ1) is 22.5. The van der Waals surface area contributed by atoms with Gasteiger partial charge in [0, 0.05) is 13.6 Å². The first-order chi connectivity index (χ1) is 13.6. The van der Waals surface area contributed by atoms with E-state index in [0.717, 1.165) is 67.6 Å².